The van der Waals surface area contributed by atoms with E-state index in [2.05, 4.69) is 5.10 Å². The molecule has 0 radical (unpaired) electrons. The minimum atomic E-state index is -0.554. The Kier molecular flexibility index (Phi) is 4.30. The normalized spacial score (nSPS) is 10.4. The molecule has 18 heavy (non-hydrogen) atoms. The summed E-state index contributed by atoms with van der Waals surface area (Å²) in [5, 5.41) is 4.17. The van der Waals surface area contributed by atoms with Crippen molar-refractivity contribution < 1.29 is 9.59 Å². The van der Waals surface area contributed by atoms with E-state index in [4.69, 9.17) is 11.5 Å². The number of nitrogens with two attached hydrogens (primary N) is 2. The minimum absolute atomic E-state index is 0.124. The molecule has 0 saturated heterocycles. The van der Waals surface area contributed by atoms with Crippen molar-refractivity contribution in [3.8, 4) is 0 Å². The molecule has 0 aromatic carbocycles. The highest BCUT2D eigenvalue weighted by molar-refractivity contribution is 5.99. The number of carbonyl (C=O) groups excluding carboxylic acids is 2. The molecule has 0 spiro atoms. The van der Waals surface area contributed by atoms with Crippen LogP contribution >= 0.6 is 0 Å². The molecule has 4 N–H and O–H groups in total. The van der Waals surface area contributed by atoms with Gasteiger partial charge in [0.2, 0.25) is 5.91 Å². The molecular weight excluding hydrogens is 234 g/mol. The van der Waals surface area contributed by atoms with Crippen LogP contribution in [0.5, 0.6) is 0 Å². The molecule has 100 valence electrons. The lowest BCUT2D eigenvalue weighted by atomic mass is 10.2. The third-order valence-corrected chi connectivity index (χ3v) is 2.71. The Morgan fingerprint density at radius 2 is 2.00 bits per heavy atom. The average Bonchev–Trinajstić information content (AvgIpc) is 2.60. The lowest BCUT2D eigenvalue weighted by Crippen LogP contribution is -2.39. The van der Waals surface area contributed by atoms with E-state index in [1.165, 1.54) is 9.58 Å². The smallest absolute Gasteiger partial charge is 0.274 e. The minimum Gasteiger partial charge on any atom is -0.395 e. The van der Waals surface area contributed by atoms with E-state index in [0.717, 1.165) is 0 Å². The third kappa shape index (κ3) is 2.61. The fourth-order valence-corrected chi connectivity index (χ4v) is 1.78. The van der Waals surface area contributed by atoms with Gasteiger partial charge in [0, 0.05) is 13.6 Å². The number of likely N-dealkylation sites (N-methyl/N-ethyl adjacent to an activating group) is 1. The molecular formula is C11H19N5O2. The second-order valence-corrected chi connectivity index (χ2v) is 3.97. The number of hydrogen-bond donors (Lipinski definition) is 2. The van der Waals surface area contributed by atoms with Crippen LogP contribution in [0.25, 0.3) is 0 Å². The Labute approximate surface area is 106 Å². The first-order valence-electron chi connectivity index (χ1n) is 5.81. The molecule has 0 atom stereocenters. The zero-order valence-electron chi connectivity index (χ0n) is 10.9. The Balaban J connectivity index is 3.09. The summed E-state index contributed by atoms with van der Waals surface area (Å²) in [6.07, 6.45) is 0.648. The number of primary amides is 1. The number of amides is 2. The lowest BCUT2D eigenvalue weighted by Gasteiger charge is -2.19. The summed E-state index contributed by atoms with van der Waals surface area (Å²) in [5.41, 5.74) is 12.3. The molecule has 1 rings (SSSR count). The van der Waals surface area contributed by atoms with Gasteiger partial charge in [-0.25, -0.2) is 0 Å². The van der Waals surface area contributed by atoms with Gasteiger partial charge in [0.1, 0.15) is 5.69 Å². The van der Waals surface area contributed by atoms with Crippen LogP contribution in [0.1, 0.15) is 30.0 Å². The summed E-state index contributed by atoms with van der Waals surface area (Å²) in [7, 11) is 1.65. The van der Waals surface area contributed by atoms with E-state index >= 15 is 0 Å². The van der Waals surface area contributed by atoms with Crippen LogP contribution < -0.4 is 11.5 Å². The predicted octanol–water partition coefficient (Wildman–Crippen LogP) is -0.488. The standard InChI is InChI=1S/C11H19N5O2/c1-4-7-9(13)10(15(3)14-7)11(18)16(5-2)6-8(12)17/h4-6,13H2,1-3H3,(H2,12,17). The first-order chi connectivity index (χ1) is 8.42. The van der Waals surface area contributed by atoms with Crippen LogP contribution in [0.4, 0.5) is 5.69 Å². The quantitative estimate of drug-likeness (QED) is 0.738. The van der Waals surface area contributed by atoms with Crippen LogP contribution in [0.15, 0.2) is 0 Å². The molecule has 0 aliphatic rings. The van der Waals surface area contributed by atoms with Crippen LogP contribution in [-0.4, -0.2) is 39.6 Å². The van der Waals surface area contributed by atoms with Crippen LogP contribution in [0, 0.1) is 0 Å². The number of anilines is 1. The zero-order chi connectivity index (χ0) is 13.9. The van der Waals surface area contributed by atoms with Crippen molar-refractivity contribution in [2.75, 3.05) is 18.8 Å². The Morgan fingerprint density at radius 1 is 1.39 bits per heavy atom. The summed E-state index contributed by atoms with van der Waals surface area (Å²) >= 11 is 0. The van der Waals surface area contributed by atoms with Gasteiger partial charge in [-0.05, 0) is 13.3 Å². The molecule has 0 aliphatic heterocycles. The first-order valence-corrected chi connectivity index (χ1v) is 5.81. The van der Waals surface area contributed by atoms with Gasteiger partial charge in [-0.2, -0.15) is 5.10 Å². The van der Waals surface area contributed by atoms with Crippen LogP contribution in [0.2, 0.25) is 0 Å². The Morgan fingerprint density at radius 3 is 2.39 bits per heavy atom. The highest BCUT2D eigenvalue weighted by atomic mass is 16.2. The first kappa shape index (κ1) is 14.0. The third-order valence-electron chi connectivity index (χ3n) is 2.71. The van der Waals surface area contributed by atoms with Crippen LogP contribution in [-0.2, 0) is 18.3 Å². The summed E-state index contributed by atoms with van der Waals surface area (Å²) in [6.45, 7) is 3.94. The van der Waals surface area contributed by atoms with Gasteiger partial charge in [0.25, 0.3) is 5.91 Å². The highest BCUT2D eigenvalue weighted by Crippen LogP contribution is 2.18. The van der Waals surface area contributed by atoms with Gasteiger partial charge in [0.05, 0.1) is 17.9 Å². The predicted molar refractivity (Wildman–Crippen MR) is 67.8 cm³/mol. The fourth-order valence-electron chi connectivity index (χ4n) is 1.78. The van der Waals surface area contributed by atoms with Crippen molar-refractivity contribution in [1.82, 2.24) is 14.7 Å². The maximum absolute atomic E-state index is 12.3. The number of nitrogen functional groups attached to an aromatic ring is 1. The molecule has 2 amide bonds. The highest BCUT2D eigenvalue weighted by Gasteiger charge is 2.24. The monoisotopic (exact) mass is 253 g/mol. The second kappa shape index (κ2) is 5.52. The van der Waals surface area contributed by atoms with E-state index < -0.39 is 5.91 Å². The van der Waals surface area contributed by atoms with Gasteiger partial charge >= 0.3 is 0 Å². The average molecular weight is 253 g/mol. The molecule has 7 nitrogen and oxygen atoms in total. The molecule has 1 heterocycles. The van der Waals surface area contributed by atoms with Gasteiger partial charge in [-0.3, -0.25) is 14.3 Å². The van der Waals surface area contributed by atoms with Gasteiger partial charge in [-0.15, -0.1) is 0 Å². The van der Waals surface area contributed by atoms with Crippen LogP contribution in [0.3, 0.4) is 0 Å². The summed E-state index contributed by atoms with van der Waals surface area (Å²) in [4.78, 5) is 24.5. The van der Waals surface area contributed by atoms with Crippen molar-refractivity contribution >= 4 is 17.5 Å². The van der Waals surface area contributed by atoms with Crippen molar-refractivity contribution in [1.29, 1.82) is 0 Å². The maximum Gasteiger partial charge on any atom is 0.274 e. The largest absolute Gasteiger partial charge is 0.395 e. The molecule has 0 saturated carbocycles. The zero-order valence-corrected chi connectivity index (χ0v) is 10.9. The van der Waals surface area contributed by atoms with E-state index in [-0.39, 0.29) is 12.5 Å². The fraction of sp³-hybridized carbons (Fsp3) is 0.545. The van der Waals surface area contributed by atoms with Gasteiger partial charge in [-0.1, -0.05) is 6.92 Å². The van der Waals surface area contributed by atoms with Crippen molar-refractivity contribution in [3.63, 3.8) is 0 Å². The molecule has 1 aromatic rings. The van der Waals surface area contributed by atoms with E-state index in [0.29, 0.717) is 30.0 Å². The Bertz CT molecular complexity index is 466. The number of nitrogens with zero attached hydrogens (tertiary/aromatic N) is 3. The number of hydrogen-bond acceptors (Lipinski definition) is 4. The molecule has 0 fully saturated rings. The molecule has 0 bridgehead atoms. The summed E-state index contributed by atoms with van der Waals surface area (Å²) in [5.74, 6) is -0.884. The molecule has 0 unspecified atom stereocenters. The molecule has 0 aliphatic carbocycles. The number of aryl methyl sites for hydroxylation is 2. The van der Waals surface area contributed by atoms with Gasteiger partial charge in [0.15, 0.2) is 0 Å². The maximum atomic E-state index is 12.3. The number of carbonyl (C=O) groups is 2. The second-order valence-electron chi connectivity index (χ2n) is 3.97. The summed E-state index contributed by atoms with van der Waals surface area (Å²) in [6, 6.07) is 0. The molecule has 7 heteroatoms. The molecule has 1 aromatic heterocycles. The van der Waals surface area contributed by atoms with Crippen molar-refractivity contribution in [3.05, 3.63) is 11.4 Å². The van der Waals surface area contributed by atoms with E-state index in [1.807, 2.05) is 6.92 Å². The van der Waals surface area contributed by atoms with E-state index in [1.54, 1.807) is 14.0 Å². The Hall–Kier alpha value is -2.05. The number of aromatic nitrogens is 2. The van der Waals surface area contributed by atoms with Crippen molar-refractivity contribution in [2.45, 2.75) is 20.3 Å². The topological polar surface area (TPSA) is 107 Å². The SMILES string of the molecule is CCc1nn(C)c(C(=O)N(CC)CC(N)=O)c1N. The number of rotatable bonds is 5. The summed E-state index contributed by atoms with van der Waals surface area (Å²) < 4.78 is 1.44. The lowest BCUT2D eigenvalue weighted by molar-refractivity contribution is -0.118. The van der Waals surface area contributed by atoms with Gasteiger partial charge < -0.3 is 16.4 Å². The van der Waals surface area contributed by atoms with E-state index in [9.17, 15) is 9.59 Å². The van der Waals surface area contributed by atoms with Crippen molar-refractivity contribution in [2.24, 2.45) is 12.8 Å².